The van der Waals surface area contributed by atoms with E-state index in [1.54, 1.807) is 18.2 Å². The van der Waals surface area contributed by atoms with Gasteiger partial charge in [-0.05, 0) is 18.2 Å². The number of nitrogens with two attached hydrogens (primary N) is 2. The van der Waals surface area contributed by atoms with Crippen molar-refractivity contribution in [1.82, 2.24) is 10.1 Å². The van der Waals surface area contributed by atoms with Gasteiger partial charge in [0.25, 0.3) is 5.89 Å². The molecule has 1 aromatic heterocycles. The van der Waals surface area contributed by atoms with Gasteiger partial charge in [0, 0.05) is 23.4 Å². The molecule has 1 aromatic carbocycles. The zero-order chi connectivity index (χ0) is 15.5. The van der Waals surface area contributed by atoms with Gasteiger partial charge in [0.05, 0.1) is 6.61 Å². The third-order valence-corrected chi connectivity index (χ3v) is 2.43. The molecule has 0 aliphatic heterocycles. The van der Waals surface area contributed by atoms with Gasteiger partial charge in [0.1, 0.15) is 6.61 Å². The smallest absolute Gasteiger partial charge is 0.399 e. The summed E-state index contributed by atoms with van der Waals surface area (Å²) in [5, 5.41) is 3.66. The standard InChI is InChI=1S/C12H13F3N4O2/c13-12(14,15)6-20-2-1-10-18-11(21-19-10)7-3-8(16)5-9(17)4-7/h3-5H,1-2,6,16-17H2. The molecule has 0 atom stereocenters. The van der Waals surface area contributed by atoms with Crippen molar-refractivity contribution < 1.29 is 22.4 Å². The molecule has 0 saturated carbocycles. The monoisotopic (exact) mass is 302 g/mol. The zero-order valence-electron chi connectivity index (χ0n) is 10.9. The van der Waals surface area contributed by atoms with Crippen molar-refractivity contribution in [1.29, 1.82) is 0 Å². The Bertz CT molecular complexity index is 593. The van der Waals surface area contributed by atoms with Gasteiger partial charge in [-0.3, -0.25) is 0 Å². The number of hydrogen-bond donors (Lipinski definition) is 2. The number of nitrogen functional groups attached to an aromatic ring is 2. The van der Waals surface area contributed by atoms with E-state index in [4.69, 9.17) is 16.0 Å². The Morgan fingerprint density at radius 2 is 1.81 bits per heavy atom. The first-order valence-corrected chi connectivity index (χ1v) is 5.97. The van der Waals surface area contributed by atoms with E-state index in [2.05, 4.69) is 14.9 Å². The van der Waals surface area contributed by atoms with E-state index in [0.717, 1.165) is 0 Å². The van der Waals surface area contributed by atoms with Gasteiger partial charge in [-0.1, -0.05) is 5.16 Å². The number of hydrogen-bond acceptors (Lipinski definition) is 6. The first-order chi connectivity index (χ1) is 9.83. The fourth-order valence-electron chi connectivity index (χ4n) is 1.62. The highest BCUT2D eigenvalue weighted by molar-refractivity contribution is 5.66. The summed E-state index contributed by atoms with van der Waals surface area (Å²) in [5.41, 5.74) is 12.7. The first kappa shape index (κ1) is 15.1. The van der Waals surface area contributed by atoms with E-state index in [0.29, 0.717) is 16.9 Å². The van der Waals surface area contributed by atoms with Crippen LogP contribution in [0.2, 0.25) is 0 Å². The molecule has 2 rings (SSSR count). The normalized spacial score (nSPS) is 11.8. The van der Waals surface area contributed by atoms with Crippen molar-refractivity contribution in [2.24, 2.45) is 0 Å². The van der Waals surface area contributed by atoms with Crippen LogP contribution in [0.3, 0.4) is 0 Å². The van der Waals surface area contributed by atoms with Crippen molar-refractivity contribution in [2.75, 3.05) is 24.7 Å². The van der Waals surface area contributed by atoms with Crippen LogP contribution in [-0.4, -0.2) is 29.5 Å². The summed E-state index contributed by atoms with van der Waals surface area (Å²) in [4.78, 5) is 4.05. The van der Waals surface area contributed by atoms with E-state index < -0.39 is 12.8 Å². The predicted octanol–water partition coefficient (Wildman–Crippen LogP) is 2.02. The molecule has 0 aliphatic rings. The number of aromatic nitrogens is 2. The first-order valence-electron chi connectivity index (χ1n) is 5.97. The van der Waals surface area contributed by atoms with Gasteiger partial charge in [0.15, 0.2) is 5.82 Å². The average Bonchev–Trinajstić information content (AvgIpc) is 2.81. The Morgan fingerprint density at radius 1 is 1.14 bits per heavy atom. The fraction of sp³-hybridized carbons (Fsp3) is 0.333. The number of halogens is 3. The molecule has 0 saturated heterocycles. The maximum atomic E-state index is 11.9. The van der Waals surface area contributed by atoms with Crippen LogP contribution in [0.15, 0.2) is 22.7 Å². The zero-order valence-corrected chi connectivity index (χ0v) is 10.9. The molecule has 0 aliphatic carbocycles. The van der Waals surface area contributed by atoms with E-state index in [-0.39, 0.29) is 24.7 Å². The molecule has 4 N–H and O–H groups in total. The minimum absolute atomic E-state index is 0.109. The molecule has 0 fully saturated rings. The highest BCUT2D eigenvalue weighted by atomic mass is 19.4. The number of anilines is 2. The Kier molecular flexibility index (Phi) is 4.32. The molecular formula is C12H13F3N4O2. The van der Waals surface area contributed by atoms with Crippen molar-refractivity contribution in [3.05, 3.63) is 24.0 Å². The molecule has 9 heteroatoms. The van der Waals surface area contributed by atoms with Crippen LogP contribution < -0.4 is 11.5 Å². The highest BCUT2D eigenvalue weighted by Gasteiger charge is 2.27. The topological polar surface area (TPSA) is 100 Å². The predicted molar refractivity (Wildman–Crippen MR) is 69.1 cm³/mol. The maximum Gasteiger partial charge on any atom is 0.411 e. The molecule has 0 amide bonds. The van der Waals surface area contributed by atoms with E-state index >= 15 is 0 Å². The minimum Gasteiger partial charge on any atom is -0.399 e. The lowest BCUT2D eigenvalue weighted by atomic mass is 10.2. The van der Waals surface area contributed by atoms with Crippen LogP contribution in [0, 0.1) is 0 Å². The van der Waals surface area contributed by atoms with Crippen molar-refractivity contribution >= 4 is 11.4 Å². The summed E-state index contributed by atoms with van der Waals surface area (Å²) in [5.74, 6) is 0.438. The van der Waals surface area contributed by atoms with Crippen LogP contribution >= 0.6 is 0 Å². The van der Waals surface area contributed by atoms with Gasteiger partial charge in [-0.25, -0.2) is 0 Å². The number of nitrogens with zero attached hydrogens (tertiary/aromatic N) is 2. The second-order valence-electron chi connectivity index (χ2n) is 4.32. The largest absolute Gasteiger partial charge is 0.411 e. The summed E-state index contributed by atoms with van der Waals surface area (Å²) >= 11 is 0. The third kappa shape index (κ3) is 4.63. The molecule has 6 nitrogen and oxygen atoms in total. The van der Waals surface area contributed by atoms with Crippen molar-refractivity contribution in [3.8, 4) is 11.5 Å². The minimum atomic E-state index is -4.35. The summed E-state index contributed by atoms with van der Waals surface area (Å²) in [6, 6.07) is 4.79. The highest BCUT2D eigenvalue weighted by Crippen LogP contribution is 2.23. The van der Waals surface area contributed by atoms with Gasteiger partial charge in [0.2, 0.25) is 0 Å². The fourth-order valence-corrected chi connectivity index (χ4v) is 1.62. The van der Waals surface area contributed by atoms with Crippen LogP contribution in [0.5, 0.6) is 0 Å². The molecular weight excluding hydrogens is 289 g/mol. The Labute approximate surface area is 117 Å². The van der Waals surface area contributed by atoms with Crippen LogP contribution in [0.4, 0.5) is 24.5 Å². The van der Waals surface area contributed by atoms with Crippen LogP contribution in [-0.2, 0) is 11.2 Å². The Balaban J connectivity index is 1.95. The molecule has 0 bridgehead atoms. The van der Waals surface area contributed by atoms with E-state index in [1.807, 2.05) is 0 Å². The second-order valence-corrected chi connectivity index (χ2v) is 4.32. The quantitative estimate of drug-likeness (QED) is 0.647. The Hall–Kier alpha value is -2.29. The number of ether oxygens (including phenoxy) is 1. The van der Waals surface area contributed by atoms with Crippen molar-refractivity contribution in [3.63, 3.8) is 0 Å². The molecule has 0 spiro atoms. The summed E-state index contributed by atoms with van der Waals surface area (Å²) in [6.07, 6.45) is -4.24. The molecule has 0 unspecified atom stereocenters. The molecule has 21 heavy (non-hydrogen) atoms. The summed E-state index contributed by atoms with van der Waals surface area (Å²) in [6.45, 7) is -1.46. The lowest BCUT2D eigenvalue weighted by Crippen LogP contribution is -2.18. The molecule has 0 radical (unpaired) electrons. The number of rotatable bonds is 5. The number of benzene rings is 1. The van der Waals surface area contributed by atoms with Crippen molar-refractivity contribution in [2.45, 2.75) is 12.6 Å². The van der Waals surface area contributed by atoms with Gasteiger partial charge in [-0.15, -0.1) is 0 Å². The van der Waals surface area contributed by atoms with Crippen LogP contribution in [0.25, 0.3) is 11.5 Å². The average molecular weight is 302 g/mol. The van der Waals surface area contributed by atoms with Gasteiger partial charge >= 0.3 is 6.18 Å². The maximum absolute atomic E-state index is 11.9. The third-order valence-electron chi connectivity index (χ3n) is 2.43. The van der Waals surface area contributed by atoms with Crippen LogP contribution in [0.1, 0.15) is 5.82 Å². The summed E-state index contributed by atoms with van der Waals surface area (Å²) < 4.78 is 45.1. The Morgan fingerprint density at radius 3 is 2.43 bits per heavy atom. The van der Waals surface area contributed by atoms with E-state index in [1.165, 1.54) is 0 Å². The van der Waals surface area contributed by atoms with Gasteiger partial charge < -0.3 is 20.7 Å². The van der Waals surface area contributed by atoms with E-state index in [9.17, 15) is 13.2 Å². The van der Waals surface area contributed by atoms with Gasteiger partial charge in [-0.2, -0.15) is 18.2 Å². The summed E-state index contributed by atoms with van der Waals surface area (Å²) in [7, 11) is 0. The lowest BCUT2D eigenvalue weighted by Gasteiger charge is -2.05. The number of alkyl halides is 3. The lowest BCUT2D eigenvalue weighted by molar-refractivity contribution is -0.173. The SMILES string of the molecule is Nc1cc(N)cc(-c2nc(CCOCC(F)(F)F)no2)c1. The molecule has 2 aromatic rings. The molecule has 1 heterocycles. The molecule has 114 valence electrons. The second kappa shape index (κ2) is 6.00.